The maximum Gasteiger partial charge on any atom is 0.148 e. The molecule has 13 heavy (non-hydrogen) atoms. The van der Waals surface area contributed by atoms with E-state index in [4.69, 9.17) is 15.9 Å². The van der Waals surface area contributed by atoms with Crippen molar-refractivity contribution in [1.29, 1.82) is 0 Å². The number of hydrogen-bond donors (Lipinski definition) is 0. The molecule has 0 unspecified atom stereocenters. The van der Waals surface area contributed by atoms with Crippen LogP contribution in [0.15, 0.2) is 0 Å². The SMILES string of the molecule is C#C[C@H](OCOC)C1CCCCC1. The Labute approximate surface area is 80.6 Å². The van der Waals surface area contributed by atoms with Gasteiger partial charge in [-0.25, -0.2) is 0 Å². The van der Waals surface area contributed by atoms with E-state index in [1.165, 1.54) is 32.1 Å². The van der Waals surface area contributed by atoms with Crippen molar-refractivity contribution in [3.8, 4) is 12.3 Å². The predicted octanol–water partition coefficient (Wildman–Crippen LogP) is 2.19. The molecule has 0 saturated heterocycles. The van der Waals surface area contributed by atoms with Crippen LogP contribution < -0.4 is 0 Å². The largest absolute Gasteiger partial charge is 0.359 e. The molecule has 1 rings (SSSR count). The molecule has 0 aliphatic heterocycles. The van der Waals surface area contributed by atoms with Crippen LogP contribution in [0.5, 0.6) is 0 Å². The van der Waals surface area contributed by atoms with Gasteiger partial charge in [-0.2, -0.15) is 0 Å². The van der Waals surface area contributed by atoms with Gasteiger partial charge in [-0.1, -0.05) is 25.2 Å². The third-order valence-corrected chi connectivity index (χ3v) is 2.61. The smallest absolute Gasteiger partial charge is 0.148 e. The third kappa shape index (κ3) is 3.38. The van der Waals surface area contributed by atoms with Gasteiger partial charge in [-0.15, -0.1) is 6.42 Å². The van der Waals surface area contributed by atoms with Crippen LogP contribution in [0.3, 0.4) is 0 Å². The molecule has 2 nitrogen and oxygen atoms in total. The molecule has 1 fully saturated rings. The van der Waals surface area contributed by atoms with Gasteiger partial charge >= 0.3 is 0 Å². The maximum absolute atomic E-state index is 5.42. The minimum absolute atomic E-state index is 0.0414. The van der Waals surface area contributed by atoms with Crippen molar-refractivity contribution >= 4 is 0 Å². The summed E-state index contributed by atoms with van der Waals surface area (Å²) in [5.74, 6) is 3.25. The lowest BCUT2D eigenvalue weighted by molar-refractivity contribution is -0.0736. The lowest BCUT2D eigenvalue weighted by atomic mass is 9.85. The fourth-order valence-corrected chi connectivity index (χ4v) is 1.90. The maximum atomic E-state index is 5.42. The number of rotatable bonds is 4. The summed E-state index contributed by atoms with van der Waals surface area (Å²) in [6, 6.07) is 0. The Morgan fingerprint density at radius 2 is 2.08 bits per heavy atom. The van der Waals surface area contributed by atoms with Crippen LogP contribution >= 0.6 is 0 Å². The first-order valence-corrected chi connectivity index (χ1v) is 4.95. The average Bonchev–Trinajstić information content (AvgIpc) is 2.21. The topological polar surface area (TPSA) is 18.5 Å². The van der Waals surface area contributed by atoms with Crippen molar-refractivity contribution in [2.75, 3.05) is 13.9 Å². The molecule has 0 aromatic heterocycles. The van der Waals surface area contributed by atoms with Gasteiger partial charge < -0.3 is 9.47 Å². The molecule has 2 heteroatoms. The number of ether oxygens (including phenoxy) is 2. The number of methoxy groups -OCH3 is 1. The van der Waals surface area contributed by atoms with E-state index in [0.29, 0.717) is 12.7 Å². The monoisotopic (exact) mass is 182 g/mol. The van der Waals surface area contributed by atoms with Crippen LogP contribution in [-0.4, -0.2) is 20.0 Å². The van der Waals surface area contributed by atoms with Gasteiger partial charge in [0.2, 0.25) is 0 Å². The summed E-state index contributed by atoms with van der Waals surface area (Å²) in [4.78, 5) is 0. The van der Waals surface area contributed by atoms with Gasteiger partial charge in [0.1, 0.15) is 12.9 Å². The summed E-state index contributed by atoms with van der Waals surface area (Å²) in [7, 11) is 1.62. The van der Waals surface area contributed by atoms with Crippen LogP contribution in [-0.2, 0) is 9.47 Å². The molecule has 0 aromatic rings. The Morgan fingerprint density at radius 3 is 2.62 bits per heavy atom. The molecule has 0 N–H and O–H groups in total. The predicted molar refractivity (Wildman–Crippen MR) is 52.2 cm³/mol. The molecular formula is C11H18O2. The zero-order valence-corrected chi connectivity index (χ0v) is 8.29. The summed E-state index contributed by atoms with van der Waals surface area (Å²) in [6.07, 6.45) is 11.7. The summed E-state index contributed by atoms with van der Waals surface area (Å²) < 4.78 is 10.3. The Balaban J connectivity index is 2.31. The first-order valence-electron chi connectivity index (χ1n) is 4.95. The molecule has 0 amide bonds. The van der Waals surface area contributed by atoms with Crippen molar-refractivity contribution in [3.63, 3.8) is 0 Å². The van der Waals surface area contributed by atoms with Crippen LogP contribution in [0.25, 0.3) is 0 Å². The molecule has 0 aromatic carbocycles. The fraction of sp³-hybridized carbons (Fsp3) is 0.818. The van der Waals surface area contributed by atoms with Gasteiger partial charge in [0.05, 0.1) is 0 Å². The summed E-state index contributed by atoms with van der Waals surface area (Å²) >= 11 is 0. The molecule has 0 spiro atoms. The molecule has 0 bridgehead atoms. The Kier molecular flexibility index (Phi) is 4.88. The van der Waals surface area contributed by atoms with Crippen molar-refractivity contribution in [3.05, 3.63) is 0 Å². The van der Waals surface area contributed by atoms with E-state index < -0.39 is 0 Å². The molecule has 1 saturated carbocycles. The fourth-order valence-electron chi connectivity index (χ4n) is 1.90. The highest BCUT2D eigenvalue weighted by atomic mass is 16.7. The van der Waals surface area contributed by atoms with E-state index in [1.807, 2.05) is 0 Å². The second-order valence-corrected chi connectivity index (χ2v) is 3.56. The van der Waals surface area contributed by atoms with Crippen LogP contribution in [0.4, 0.5) is 0 Å². The van der Waals surface area contributed by atoms with Gasteiger partial charge in [0.25, 0.3) is 0 Å². The minimum Gasteiger partial charge on any atom is -0.359 e. The number of terminal acetylenes is 1. The first-order chi connectivity index (χ1) is 6.38. The molecule has 1 aliphatic rings. The van der Waals surface area contributed by atoms with E-state index >= 15 is 0 Å². The Morgan fingerprint density at radius 1 is 1.38 bits per heavy atom. The van der Waals surface area contributed by atoms with Gasteiger partial charge in [-0.3, -0.25) is 0 Å². The Hall–Kier alpha value is -0.520. The van der Waals surface area contributed by atoms with E-state index in [9.17, 15) is 0 Å². The van der Waals surface area contributed by atoms with Crippen molar-refractivity contribution in [1.82, 2.24) is 0 Å². The van der Waals surface area contributed by atoms with Crippen molar-refractivity contribution in [2.45, 2.75) is 38.2 Å². The third-order valence-electron chi connectivity index (χ3n) is 2.61. The van der Waals surface area contributed by atoms with Crippen LogP contribution in [0, 0.1) is 18.3 Å². The molecule has 1 atom stereocenters. The first kappa shape index (κ1) is 10.6. The van der Waals surface area contributed by atoms with Crippen LogP contribution in [0.2, 0.25) is 0 Å². The standard InChI is InChI=1S/C11H18O2/c1-3-11(13-9-12-2)10-7-5-4-6-8-10/h1,10-11H,4-9H2,2H3/t11-/m0/s1. The second kappa shape index (κ2) is 6.01. The summed E-state index contributed by atoms with van der Waals surface area (Å²) in [5.41, 5.74) is 0. The van der Waals surface area contributed by atoms with Crippen molar-refractivity contribution in [2.24, 2.45) is 5.92 Å². The van der Waals surface area contributed by atoms with Crippen LogP contribution in [0.1, 0.15) is 32.1 Å². The van der Waals surface area contributed by atoms with E-state index in [2.05, 4.69) is 5.92 Å². The normalized spacial score (nSPS) is 20.9. The average molecular weight is 182 g/mol. The number of hydrogen-bond acceptors (Lipinski definition) is 2. The highest BCUT2D eigenvalue weighted by Crippen LogP contribution is 2.27. The molecule has 0 radical (unpaired) electrons. The van der Waals surface area contributed by atoms with E-state index in [-0.39, 0.29) is 6.10 Å². The van der Waals surface area contributed by atoms with Gasteiger partial charge in [0.15, 0.2) is 0 Å². The Bertz CT molecular complexity index is 165. The molecule has 74 valence electrons. The minimum atomic E-state index is -0.0414. The zero-order valence-electron chi connectivity index (χ0n) is 8.29. The second-order valence-electron chi connectivity index (χ2n) is 3.56. The van der Waals surface area contributed by atoms with E-state index in [0.717, 1.165) is 0 Å². The van der Waals surface area contributed by atoms with Gasteiger partial charge in [0, 0.05) is 7.11 Å². The molecule has 1 aliphatic carbocycles. The summed E-state index contributed by atoms with van der Waals surface area (Å²) in [6.45, 7) is 0.311. The highest BCUT2D eigenvalue weighted by molar-refractivity contribution is 4.98. The lowest BCUT2D eigenvalue weighted by Crippen LogP contribution is -2.25. The molecule has 0 heterocycles. The highest BCUT2D eigenvalue weighted by Gasteiger charge is 2.22. The summed E-state index contributed by atoms with van der Waals surface area (Å²) in [5, 5.41) is 0. The van der Waals surface area contributed by atoms with Crippen molar-refractivity contribution < 1.29 is 9.47 Å². The molecular weight excluding hydrogens is 164 g/mol. The lowest BCUT2D eigenvalue weighted by Gasteiger charge is -2.26. The quantitative estimate of drug-likeness (QED) is 0.490. The zero-order chi connectivity index (χ0) is 9.52. The van der Waals surface area contributed by atoms with Gasteiger partial charge in [-0.05, 0) is 18.8 Å². The van der Waals surface area contributed by atoms with E-state index in [1.54, 1.807) is 7.11 Å².